The number of H-pyrrole nitrogens is 1. The summed E-state index contributed by atoms with van der Waals surface area (Å²) in [5.74, 6) is -0.559. The Balaban J connectivity index is 1.31. The standard InChI is InChI=1S/C24H26N8O3S/c1-24(2)19(20-28-30-31-29-20)32-22(35)18(23(32)36-24)27-21(34)17(14-6-4-3-5-7-14)26-16(33)12-13-8-10-15(25)11-9-13/h3-11,17-19,23H,12,25H2,1-2H3,(H,26,33)(H,27,34)(H,28,29,30,31)/t17?,18?,19?,23-/m1/s1. The van der Waals surface area contributed by atoms with E-state index in [1.807, 2.05) is 19.9 Å². The highest BCUT2D eigenvalue weighted by molar-refractivity contribution is 8.01. The zero-order valence-electron chi connectivity index (χ0n) is 19.7. The van der Waals surface area contributed by atoms with Crippen molar-refractivity contribution < 1.29 is 14.4 Å². The molecular weight excluding hydrogens is 480 g/mol. The minimum absolute atomic E-state index is 0.0894. The number of thioether (sulfide) groups is 1. The molecule has 0 spiro atoms. The Kier molecular flexibility index (Phi) is 6.12. The number of rotatable bonds is 7. The van der Waals surface area contributed by atoms with Crippen molar-refractivity contribution in [1.29, 1.82) is 0 Å². The van der Waals surface area contributed by atoms with Crippen LogP contribution in [0.15, 0.2) is 54.6 Å². The van der Waals surface area contributed by atoms with Crippen molar-refractivity contribution in [3.8, 4) is 0 Å². The summed E-state index contributed by atoms with van der Waals surface area (Å²) in [4.78, 5) is 41.1. The maximum Gasteiger partial charge on any atom is 0.249 e. The van der Waals surface area contributed by atoms with Crippen molar-refractivity contribution in [3.63, 3.8) is 0 Å². The molecule has 5 N–H and O–H groups in total. The number of nitrogens with two attached hydrogens (primary N) is 1. The highest BCUT2D eigenvalue weighted by Gasteiger charge is 2.63. The lowest BCUT2D eigenvalue weighted by Gasteiger charge is -2.44. The Bertz CT molecular complexity index is 1270. The van der Waals surface area contributed by atoms with E-state index in [1.54, 1.807) is 65.2 Å². The summed E-state index contributed by atoms with van der Waals surface area (Å²) in [5, 5.41) is 19.6. The molecule has 12 heteroatoms. The fourth-order valence-corrected chi connectivity index (χ4v) is 6.29. The van der Waals surface area contributed by atoms with Gasteiger partial charge < -0.3 is 21.3 Å². The molecule has 3 aromatic rings. The van der Waals surface area contributed by atoms with E-state index >= 15 is 0 Å². The van der Waals surface area contributed by atoms with Gasteiger partial charge in [0.2, 0.25) is 17.7 Å². The Morgan fingerprint density at radius 1 is 1.17 bits per heavy atom. The molecule has 1 aromatic heterocycles. The van der Waals surface area contributed by atoms with E-state index in [0.29, 0.717) is 17.1 Å². The van der Waals surface area contributed by atoms with Gasteiger partial charge in [0.15, 0.2) is 5.82 Å². The number of amides is 3. The first-order chi connectivity index (χ1) is 17.2. The number of hydrogen-bond donors (Lipinski definition) is 4. The molecule has 0 aliphatic carbocycles. The van der Waals surface area contributed by atoms with Gasteiger partial charge in [0, 0.05) is 10.4 Å². The Hall–Kier alpha value is -3.93. The Morgan fingerprint density at radius 3 is 2.56 bits per heavy atom. The molecule has 3 unspecified atom stereocenters. The number of aromatic nitrogens is 4. The molecule has 2 aliphatic heterocycles. The van der Waals surface area contributed by atoms with Crippen molar-refractivity contribution in [3.05, 3.63) is 71.5 Å². The zero-order valence-corrected chi connectivity index (χ0v) is 20.5. The highest BCUT2D eigenvalue weighted by Crippen LogP contribution is 2.56. The predicted molar refractivity (Wildman–Crippen MR) is 133 cm³/mol. The second-order valence-electron chi connectivity index (χ2n) is 9.35. The fourth-order valence-electron chi connectivity index (χ4n) is 4.66. The first-order valence-electron chi connectivity index (χ1n) is 11.5. The minimum Gasteiger partial charge on any atom is -0.399 e. The number of β-lactam (4-membered cyclic amide) rings is 1. The number of anilines is 1. The molecule has 2 aromatic carbocycles. The van der Waals surface area contributed by atoms with Crippen LogP contribution in [-0.4, -0.2) is 59.4 Å². The van der Waals surface area contributed by atoms with Crippen LogP contribution in [0.25, 0.3) is 0 Å². The molecular formula is C24H26N8O3S. The zero-order chi connectivity index (χ0) is 25.4. The van der Waals surface area contributed by atoms with Crippen molar-refractivity contribution in [1.82, 2.24) is 36.2 Å². The minimum atomic E-state index is -0.957. The fraction of sp³-hybridized carbons (Fsp3) is 0.333. The average molecular weight is 507 g/mol. The summed E-state index contributed by atoms with van der Waals surface area (Å²) in [7, 11) is 0. The van der Waals surface area contributed by atoms with Crippen LogP contribution < -0.4 is 16.4 Å². The van der Waals surface area contributed by atoms with Crippen LogP contribution in [0, 0.1) is 0 Å². The van der Waals surface area contributed by atoms with E-state index in [0.717, 1.165) is 5.56 Å². The topological polar surface area (TPSA) is 159 Å². The molecule has 4 atom stereocenters. The van der Waals surface area contributed by atoms with Gasteiger partial charge >= 0.3 is 0 Å². The van der Waals surface area contributed by atoms with Crippen LogP contribution in [0.1, 0.15) is 42.9 Å². The van der Waals surface area contributed by atoms with Crippen LogP contribution in [-0.2, 0) is 20.8 Å². The first-order valence-corrected chi connectivity index (χ1v) is 12.3. The van der Waals surface area contributed by atoms with Gasteiger partial charge in [-0.2, -0.15) is 5.21 Å². The van der Waals surface area contributed by atoms with E-state index in [4.69, 9.17) is 5.73 Å². The van der Waals surface area contributed by atoms with E-state index < -0.39 is 18.0 Å². The van der Waals surface area contributed by atoms with Crippen LogP contribution in [0.2, 0.25) is 0 Å². The Labute approximate surface area is 211 Å². The lowest BCUT2D eigenvalue weighted by Crippen LogP contribution is -2.68. The number of nitrogens with zero attached hydrogens (tertiary/aromatic N) is 4. The monoisotopic (exact) mass is 506 g/mol. The number of nitrogen functional groups attached to an aromatic ring is 1. The van der Waals surface area contributed by atoms with Gasteiger partial charge in [-0.05, 0) is 37.1 Å². The second kappa shape index (κ2) is 9.26. The van der Waals surface area contributed by atoms with Crippen LogP contribution in [0.5, 0.6) is 0 Å². The SMILES string of the molecule is CC1(C)S[C@@H]2C(NC(=O)C(NC(=O)Cc3ccc(N)cc3)c3ccccc3)C(=O)N2C1c1nn[nH]n1. The molecule has 36 heavy (non-hydrogen) atoms. The van der Waals surface area contributed by atoms with Crippen LogP contribution in [0.4, 0.5) is 5.69 Å². The van der Waals surface area contributed by atoms with E-state index in [1.165, 1.54) is 0 Å². The van der Waals surface area contributed by atoms with Crippen LogP contribution >= 0.6 is 11.8 Å². The van der Waals surface area contributed by atoms with Gasteiger partial charge in [0.1, 0.15) is 23.5 Å². The average Bonchev–Trinajstić information content (AvgIpc) is 3.47. The first kappa shape index (κ1) is 23.8. The Morgan fingerprint density at radius 2 is 1.89 bits per heavy atom. The third-order valence-electron chi connectivity index (χ3n) is 6.39. The summed E-state index contributed by atoms with van der Waals surface area (Å²) in [6, 6.07) is 13.9. The summed E-state index contributed by atoms with van der Waals surface area (Å²) in [6.45, 7) is 4.01. The van der Waals surface area contributed by atoms with Gasteiger partial charge in [-0.25, -0.2) is 0 Å². The molecule has 5 rings (SSSR count). The smallest absolute Gasteiger partial charge is 0.249 e. The van der Waals surface area contributed by atoms with Crippen molar-refractivity contribution in [2.75, 3.05) is 5.73 Å². The summed E-state index contributed by atoms with van der Waals surface area (Å²) < 4.78 is -0.379. The summed E-state index contributed by atoms with van der Waals surface area (Å²) in [6.07, 6.45) is 0.0894. The molecule has 0 bridgehead atoms. The van der Waals surface area contributed by atoms with Crippen molar-refractivity contribution in [2.45, 2.75) is 48.5 Å². The van der Waals surface area contributed by atoms with Gasteiger partial charge in [-0.1, -0.05) is 47.7 Å². The molecule has 2 aliphatic rings. The summed E-state index contributed by atoms with van der Waals surface area (Å²) in [5.41, 5.74) is 7.72. The predicted octanol–water partition coefficient (Wildman–Crippen LogP) is 1.10. The lowest BCUT2D eigenvalue weighted by atomic mass is 9.95. The maximum atomic E-state index is 13.4. The molecule has 3 heterocycles. The number of fused-ring (bicyclic) bond motifs is 1. The van der Waals surface area contributed by atoms with Gasteiger partial charge in [0.25, 0.3) is 0 Å². The molecule has 2 fully saturated rings. The van der Waals surface area contributed by atoms with E-state index in [2.05, 4.69) is 31.3 Å². The van der Waals surface area contributed by atoms with Gasteiger partial charge in [-0.15, -0.1) is 22.0 Å². The number of aromatic amines is 1. The quantitative estimate of drug-likeness (QED) is 0.274. The normalized spacial score (nSPS) is 22.9. The van der Waals surface area contributed by atoms with Crippen molar-refractivity contribution >= 4 is 35.2 Å². The highest BCUT2D eigenvalue weighted by atomic mass is 32.2. The van der Waals surface area contributed by atoms with Crippen LogP contribution in [0.3, 0.4) is 0 Å². The molecule has 3 amide bonds. The third-order valence-corrected chi connectivity index (χ3v) is 7.96. The number of hydrogen-bond acceptors (Lipinski definition) is 8. The summed E-state index contributed by atoms with van der Waals surface area (Å²) >= 11 is 1.57. The molecule has 0 radical (unpaired) electrons. The number of tetrazole rings is 1. The van der Waals surface area contributed by atoms with Crippen molar-refractivity contribution in [2.24, 2.45) is 0 Å². The molecule has 2 saturated heterocycles. The number of carbonyl (C=O) groups is 3. The van der Waals surface area contributed by atoms with E-state index in [-0.39, 0.29) is 34.4 Å². The number of carbonyl (C=O) groups excluding carboxylic acids is 3. The molecule has 11 nitrogen and oxygen atoms in total. The lowest BCUT2D eigenvalue weighted by molar-refractivity contribution is -0.152. The van der Waals surface area contributed by atoms with Gasteiger partial charge in [0.05, 0.1) is 6.42 Å². The molecule has 186 valence electrons. The van der Waals surface area contributed by atoms with E-state index in [9.17, 15) is 14.4 Å². The third kappa shape index (κ3) is 4.39. The number of nitrogens with one attached hydrogen (secondary N) is 3. The molecule has 0 saturated carbocycles. The van der Waals surface area contributed by atoms with Gasteiger partial charge in [-0.3, -0.25) is 14.4 Å². The second-order valence-corrected chi connectivity index (χ2v) is 11.1. The number of benzene rings is 2. The largest absolute Gasteiger partial charge is 0.399 e. The maximum absolute atomic E-state index is 13.4.